The maximum atomic E-state index is 13.1. The van der Waals surface area contributed by atoms with E-state index in [9.17, 15) is 18.3 Å². The van der Waals surface area contributed by atoms with Crippen molar-refractivity contribution in [1.82, 2.24) is 0 Å². The van der Waals surface area contributed by atoms with Crippen molar-refractivity contribution < 1.29 is 27.8 Å². The lowest BCUT2D eigenvalue weighted by Gasteiger charge is -2.13. The van der Waals surface area contributed by atoms with Crippen molar-refractivity contribution >= 4 is 106 Å². The number of phenolic OH excluding ortho intramolecular Hbond substituents is 1. The molecule has 11 heteroatoms. The van der Waals surface area contributed by atoms with Crippen molar-refractivity contribution in [2.24, 2.45) is 0 Å². The van der Waals surface area contributed by atoms with E-state index in [2.05, 4.69) is 0 Å². The molecule has 0 bridgehead atoms. The number of ether oxygens (including phenoxy) is 2. The standard InChI is InChI=1S/C21H14I4O6S/c22-15-6-13(7-16(23)20(15)27)32(28,29)14-8-17(24)21(18(25)9-14)31-11-19(26)30-10-12-4-2-1-3-5-12/h1-9,27H,10-11H2. The first-order valence-electron chi connectivity index (χ1n) is 8.84. The number of benzene rings is 3. The van der Waals surface area contributed by atoms with Gasteiger partial charge >= 0.3 is 5.97 Å². The first kappa shape index (κ1) is 26.2. The fraction of sp³-hybridized carbons (Fsp3) is 0.0952. The van der Waals surface area contributed by atoms with Gasteiger partial charge in [0.05, 0.1) is 24.1 Å². The van der Waals surface area contributed by atoms with E-state index in [0.29, 0.717) is 20.0 Å². The van der Waals surface area contributed by atoms with Crippen molar-refractivity contribution in [1.29, 1.82) is 0 Å². The summed E-state index contributed by atoms with van der Waals surface area (Å²) < 4.78 is 39.1. The molecule has 6 nitrogen and oxygen atoms in total. The van der Waals surface area contributed by atoms with Crippen LogP contribution in [0, 0.1) is 14.3 Å². The molecule has 3 rings (SSSR count). The highest BCUT2D eigenvalue weighted by Crippen LogP contribution is 2.35. The Morgan fingerprint density at radius 1 is 0.844 bits per heavy atom. The van der Waals surface area contributed by atoms with E-state index >= 15 is 0 Å². The minimum Gasteiger partial charge on any atom is -0.506 e. The van der Waals surface area contributed by atoms with Crippen molar-refractivity contribution in [3.8, 4) is 11.5 Å². The lowest BCUT2D eigenvalue weighted by Crippen LogP contribution is -2.16. The number of halogens is 4. The second-order valence-electron chi connectivity index (χ2n) is 6.39. The molecule has 0 radical (unpaired) electrons. The zero-order valence-electron chi connectivity index (χ0n) is 16.0. The predicted molar refractivity (Wildman–Crippen MR) is 153 cm³/mol. The fourth-order valence-corrected chi connectivity index (χ4v) is 8.63. The molecule has 0 fully saturated rings. The van der Waals surface area contributed by atoms with E-state index in [1.807, 2.05) is 121 Å². The Morgan fingerprint density at radius 3 is 1.88 bits per heavy atom. The average Bonchev–Trinajstić information content (AvgIpc) is 2.75. The summed E-state index contributed by atoms with van der Waals surface area (Å²) in [5, 5.41) is 9.93. The van der Waals surface area contributed by atoms with Gasteiger partial charge in [-0.25, -0.2) is 13.2 Å². The van der Waals surface area contributed by atoms with Crippen LogP contribution < -0.4 is 4.74 Å². The number of sulfone groups is 1. The molecule has 0 aliphatic rings. The molecule has 3 aromatic rings. The highest BCUT2D eigenvalue weighted by molar-refractivity contribution is 14.1. The van der Waals surface area contributed by atoms with Crippen LogP contribution in [0.2, 0.25) is 0 Å². The zero-order valence-corrected chi connectivity index (χ0v) is 25.5. The molecule has 0 saturated carbocycles. The largest absolute Gasteiger partial charge is 0.506 e. The average molecular weight is 902 g/mol. The Labute approximate surface area is 239 Å². The summed E-state index contributed by atoms with van der Waals surface area (Å²) >= 11 is 7.75. The van der Waals surface area contributed by atoms with Gasteiger partial charge in [0.15, 0.2) is 6.61 Å². The molecule has 0 amide bonds. The number of carbonyl (C=O) groups excluding carboxylic acids is 1. The molecule has 0 aromatic heterocycles. The summed E-state index contributed by atoms with van der Waals surface area (Å²) in [6, 6.07) is 15.2. The number of aromatic hydroxyl groups is 1. The summed E-state index contributed by atoms with van der Waals surface area (Å²) in [6.07, 6.45) is 0. The van der Waals surface area contributed by atoms with Crippen LogP contribution in [0.1, 0.15) is 5.56 Å². The summed E-state index contributed by atoms with van der Waals surface area (Å²) in [4.78, 5) is 12.2. The van der Waals surface area contributed by atoms with Gasteiger partial charge in [-0.15, -0.1) is 0 Å². The van der Waals surface area contributed by atoms with Crippen molar-refractivity contribution in [3.63, 3.8) is 0 Å². The molecule has 1 N–H and O–H groups in total. The van der Waals surface area contributed by atoms with Crippen LogP contribution in [-0.2, 0) is 26.0 Å². The topological polar surface area (TPSA) is 89.9 Å². The number of carbonyl (C=O) groups is 1. The first-order valence-corrected chi connectivity index (χ1v) is 14.6. The SMILES string of the molecule is O=C(COc1c(I)cc(S(=O)(=O)c2cc(I)c(O)c(I)c2)cc1I)OCc1ccccc1. The number of rotatable bonds is 7. The summed E-state index contributed by atoms with van der Waals surface area (Å²) in [5.41, 5.74) is 0.873. The minimum atomic E-state index is -3.81. The van der Waals surface area contributed by atoms with Crippen LogP contribution >= 0.6 is 90.4 Å². The monoisotopic (exact) mass is 902 g/mol. The van der Waals surface area contributed by atoms with Crippen LogP contribution in [0.5, 0.6) is 11.5 Å². The maximum Gasteiger partial charge on any atom is 0.344 e. The van der Waals surface area contributed by atoms with Gasteiger partial charge < -0.3 is 14.6 Å². The lowest BCUT2D eigenvalue weighted by atomic mass is 10.2. The van der Waals surface area contributed by atoms with Gasteiger partial charge in [0.1, 0.15) is 18.1 Å². The Balaban J connectivity index is 1.75. The fourth-order valence-electron chi connectivity index (χ4n) is 2.57. The smallest absolute Gasteiger partial charge is 0.344 e. The quantitative estimate of drug-likeness (QED) is 0.240. The Kier molecular flexibility index (Phi) is 9.30. The second kappa shape index (κ2) is 11.4. The van der Waals surface area contributed by atoms with Crippen molar-refractivity contribution in [2.45, 2.75) is 16.4 Å². The summed E-state index contributed by atoms with van der Waals surface area (Å²) in [5.74, 6) is -0.0562. The van der Waals surface area contributed by atoms with Crippen LogP contribution in [0.15, 0.2) is 64.4 Å². The number of esters is 1. The van der Waals surface area contributed by atoms with E-state index in [0.717, 1.165) is 5.56 Å². The van der Waals surface area contributed by atoms with E-state index in [4.69, 9.17) is 9.47 Å². The highest BCUT2D eigenvalue weighted by Gasteiger charge is 2.23. The van der Waals surface area contributed by atoms with Crippen LogP contribution in [0.3, 0.4) is 0 Å². The molecule has 0 aliphatic heterocycles. The molecule has 0 atom stereocenters. The highest BCUT2D eigenvalue weighted by atomic mass is 127. The van der Waals surface area contributed by atoms with E-state index in [1.165, 1.54) is 24.3 Å². The second-order valence-corrected chi connectivity index (χ2v) is 13.0. The number of hydrogen-bond donors (Lipinski definition) is 1. The van der Waals surface area contributed by atoms with E-state index in [1.54, 1.807) is 0 Å². The first-order chi connectivity index (χ1) is 15.1. The van der Waals surface area contributed by atoms with Gasteiger partial charge in [-0.3, -0.25) is 0 Å². The molecule has 0 spiro atoms. The van der Waals surface area contributed by atoms with E-state index < -0.39 is 15.8 Å². The van der Waals surface area contributed by atoms with Crippen molar-refractivity contribution in [2.75, 3.05) is 6.61 Å². The van der Waals surface area contributed by atoms with Crippen LogP contribution in [0.4, 0.5) is 0 Å². The minimum absolute atomic E-state index is 0.0530. The third-order valence-corrected chi connectivity index (χ3v) is 9.12. The lowest BCUT2D eigenvalue weighted by molar-refractivity contribution is -0.147. The Morgan fingerprint density at radius 2 is 1.34 bits per heavy atom. The molecule has 0 aliphatic carbocycles. The maximum absolute atomic E-state index is 13.1. The van der Waals surface area contributed by atoms with Gasteiger partial charge in [-0.05, 0) is 120 Å². The molecule has 0 heterocycles. The number of phenols is 1. The zero-order chi connectivity index (χ0) is 23.5. The Hall–Kier alpha value is -0.400. The normalized spacial score (nSPS) is 11.2. The summed E-state index contributed by atoms with van der Waals surface area (Å²) in [7, 11) is -3.81. The van der Waals surface area contributed by atoms with Gasteiger partial charge in [-0.2, -0.15) is 0 Å². The van der Waals surface area contributed by atoms with Crippen molar-refractivity contribution in [3.05, 3.63) is 74.4 Å². The predicted octanol–water partition coefficient (Wildman–Crippen LogP) is 5.77. The molecular formula is C21H14I4O6S. The Bertz CT molecular complexity index is 1220. The van der Waals surface area contributed by atoms with Gasteiger partial charge in [0, 0.05) is 0 Å². The third-order valence-electron chi connectivity index (χ3n) is 4.16. The molecule has 3 aromatic carbocycles. The van der Waals surface area contributed by atoms with Gasteiger partial charge in [0.25, 0.3) is 0 Å². The van der Waals surface area contributed by atoms with Crippen LogP contribution in [0.25, 0.3) is 0 Å². The van der Waals surface area contributed by atoms with Crippen LogP contribution in [-0.4, -0.2) is 26.1 Å². The van der Waals surface area contributed by atoms with Gasteiger partial charge in [-0.1, -0.05) is 30.3 Å². The van der Waals surface area contributed by atoms with E-state index in [-0.39, 0.29) is 28.8 Å². The van der Waals surface area contributed by atoms with Gasteiger partial charge in [0.2, 0.25) is 9.84 Å². The molecule has 168 valence electrons. The molecule has 32 heavy (non-hydrogen) atoms. The molecular weight excluding hydrogens is 888 g/mol. The molecule has 0 unspecified atom stereocenters. The number of hydrogen-bond acceptors (Lipinski definition) is 6. The third kappa shape index (κ3) is 6.38. The summed E-state index contributed by atoms with van der Waals surface area (Å²) in [6.45, 7) is -0.141. The molecule has 0 saturated heterocycles.